The van der Waals surface area contributed by atoms with Gasteiger partial charge >= 0.3 is 0 Å². The van der Waals surface area contributed by atoms with Gasteiger partial charge in [-0.15, -0.1) is 0 Å². The minimum Gasteiger partial charge on any atom is -0.321 e. The number of fused-ring (bicyclic) bond motifs is 1. The van der Waals surface area contributed by atoms with Crippen LogP contribution in [0.25, 0.3) is 0 Å². The van der Waals surface area contributed by atoms with Crippen LogP contribution >= 0.6 is 0 Å². The minimum atomic E-state index is -1.40. The summed E-state index contributed by atoms with van der Waals surface area (Å²) in [6.45, 7) is 3.89. The van der Waals surface area contributed by atoms with E-state index in [1.807, 2.05) is 54.6 Å². The standard InChI is InChI=1S/C22H21FN2/c1-22(2,23)18-12-6-7-13-19(18)25-16-24(17-10-4-3-5-11-17)20-14-8-9-15-21(20)25/h3-15H,16H2,1-2H3. The molecule has 1 heterocycles. The molecule has 126 valence electrons. The van der Waals surface area contributed by atoms with Crippen molar-refractivity contribution in [2.75, 3.05) is 16.5 Å². The highest BCUT2D eigenvalue weighted by molar-refractivity contribution is 5.87. The number of halogens is 1. The van der Waals surface area contributed by atoms with E-state index in [1.54, 1.807) is 13.8 Å². The van der Waals surface area contributed by atoms with E-state index in [-0.39, 0.29) is 0 Å². The van der Waals surface area contributed by atoms with Crippen LogP contribution in [-0.2, 0) is 5.67 Å². The van der Waals surface area contributed by atoms with Gasteiger partial charge < -0.3 is 9.80 Å². The predicted octanol–water partition coefficient (Wildman–Crippen LogP) is 6.14. The van der Waals surface area contributed by atoms with Gasteiger partial charge in [0.25, 0.3) is 0 Å². The molecular formula is C22H21FN2. The molecule has 0 N–H and O–H groups in total. The summed E-state index contributed by atoms with van der Waals surface area (Å²) < 4.78 is 14.8. The maximum atomic E-state index is 14.8. The summed E-state index contributed by atoms with van der Waals surface area (Å²) in [6.07, 6.45) is 0. The van der Waals surface area contributed by atoms with Crippen molar-refractivity contribution in [1.82, 2.24) is 0 Å². The zero-order valence-corrected chi connectivity index (χ0v) is 14.5. The molecule has 0 aliphatic carbocycles. The average molecular weight is 332 g/mol. The monoisotopic (exact) mass is 332 g/mol. The molecule has 2 nitrogen and oxygen atoms in total. The van der Waals surface area contributed by atoms with E-state index in [0.29, 0.717) is 12.2 Å². The molecule has 0 spiro atoms. The van der Waals surface area contributed by atoms with Gasteiger partial charge in [0.1, 0.15) is 12.3 Å². The third kappa shape index (κ3) is 2.76. The normalized spacial score (nSPS) is 13.9. The lowest BCUT2D eigenvalue weighted by Crippen LogP contribution is -2.26. The fourth-order valence-corrected chi connectivity index (χ4v) is 3.46. The van der Waals surface area contributed by atoms with Gasteiger partial charge in [0.2, 0.25) is 0 Å². The molecule has 3 heteroatoms. The number of hydrogen-bond acceptors (Lipinski definition) is 2. The van der Waals surface area contributed by atoms with E-state index in [4.69, 9.17) is 0 Å². The Kier molecular flexibility index (Phi) is 3.72. The molecule has 0 atom stereocenters. The van der Waals surface area contributed by atoms with Crippen molar-refractivity contribution in [2.45, 2.75) is 19.5 Å². The van der Waals surface area contributed by atoms with Gasteiger partial charge in [-0.2, -0.15) is 0 Å². The Hall–Kier alpha value is -2.81. The highest BCUT2D eigenvalue weighted by atomic mass is 19.1. The Morgan fingerprint density at radius 1 is 0.680 bits per heavy atom. The lowest BCUT2D eigenvalue weighted by atomic mass is 9.97. The minimum absolute atomic E-state index is 0.663. The topological polar surface area (TPSA) is 6.48 Å². The largest absolute Gasteiger partial charge is 0.321 e. The molecule has 0 bridgehead atoms. The number of hydrogen-bond donors (Lipinski definition) is 0. The number of para-hydroxylation sites is 4. The average Bonchev–Trinajstić information content (AvgIpc) is 3.01. The van der Waals surface area contributed by atoms with Crippen LogP contribution in [0.3, 0.4) is 0 Å². The number of nitrogens with zero attached hydrogens (tertiary/aromatic N) is 2. The van der Waals surface area contributed by atoms with Gasteiger partial charge in [-0.05, 0) is 44.2 Å². The molecule has 0 amide bonds. The van der Waals surface area contributed by atoms with Crippen LogP contribution in [0.5, 0.6) is 0 Å². The molecule has 1 aliphatic heterocycles. The summed E-state index contributed by atoms with van der Waals surface area (Å²) in [5, 5.41) is 0. The SMILES string of the molecule is CC(C)(F)c1ccccc1N1CN(c2ccccc2)c2ccccc21. The molecular weight excluding hydrogens is 311 g/mol. The highest BCUT2D eigenvalue weighted by Gasteiger charge is 2.31. The molecule has 0 fully saturated rings. The molecule has 0 radical (unpaired) electrons. The summed E-state index contributed by atoms with van der Waals surface area (Å²) in [5.41, 5.74) is 3.60. The predicted molar refractivity (Wildman–Crippen MR) is 103 cm³/mol. The molecule has 3 aromatic carbocycles. The van der Waals surface area contributed by atoms with Crippen molar-refractivity contribution in [2.24, 2.45) is 0 Å². The number of benzene rings is 3. The van der Waals surface area contributed by atoms with Crippen molar-refractivity contribution >= 4 is 22.7 Å². The van der Waals surface area contributed by atoms with E-state index in [1.165, 1.54) is 0 Å². The third-order valence-electron chi connectivity index (χ3n) is 4.65. The summed E-state index contributed by atoms with van der Waals surface area (Å²) >= 11 is 0. The molecule has 25 heavy (non-hydrogen) atoms. The number of anilines is 4. The summed E-state index contributed by atoms with van der Waals surface area (Å²) in [4.78, 5) is 4.45. The van der Waals surface area contributed by atoms with Gasteiger partial charge in [-0.1, -0.05) is 48.5 Å². The van der Waals surface area contributed by atoms with Crippen LogP contribution in [0.2, 0.25) is 0 Å². The third-order valence-corrected chi connectivity index (χ3v) is 4.65. The summed E-state index contributed by atoms with van der Waals surface area (Å²) in [7, 11) is 0. The molecule has 4 rings (SSSR count). The smallest absolute Gasteiger partial charge is 0.132 e. The van der Waals surface area contributed by atoms with Crippen LogP contribution in [0.4, 0.5) is 27.1 Å². The Labute approximate surface area is 148 Å². The number of rotatable bonds is 3. The van der Waals surface area contributed by atoms with Crippen molar-refractivity contribution in [3.05, 3.63) is 84.4 Å². The summed E-state index contributed by atoms with van der Waals surface area (Å²) in [5.74, 6) is 0. The maximum Gasteiger partial charge on any atom is 0.132 e. The number of alkyl halides is 1. The van der Waals surface area contributed by atoms with Gasteiger partial charge in [0.15, 0.2) is 0 Å². The van der Waals surface area contributed by atoms with Gasteiger partial charge in [-0.25, -0.2) is 4.39 Å². The van der Waals surface area contributed by atoms with Crippen molar-refractivity contribution in [1.29, 1.82) is 0 Å². The van der Waals surface area contributed by atoms with Crippen molar-refractivity contribution in [3.63, 3.8) is 0 Å². The first-order valence-corrected chi connectivity index (χ1v) is 8.53. The van der Waals surface area contributed by atoms with Crippen molar-refractivity contribution < 1.29 is 4.39 Å². The fourth-order valence-electron chi connectivity index (χ4n) is 3.46. The van der Waals surface area contributed by atoms with Crippen LogP contribution in [0.15, 0.2) is 78.9 Å². The first kappa shape index (κ1) is 15.7. The van der Waals surface area contributed by atoms with Crippen molar-refractivity contribution in [3.8, 4) is 0 Å². The van der Waals surface area contributed by atoms with Crippen LogP contribution in [-0.4, -0.2) is 6.67 Å². The molecule has 0 aromatic heterocycles. The van der Waals surface area contributed by atoms with E-state index >= 15 is 0 Å². The van der Waals surface area contributed by atoms with Crippen LogP contribution in [0, 0.1) is 0 Å². The second-order valence-electron chi connectivity index (χ2n) is 6.81. The Morgan fingerprint density at radius 3 is 1.84 bits per heavy atom. The molecule has 1 aliphatic rings. The fraction of sp³-hybridized carbons (Fsp3) is 0.182. The Morgan fingerprint density at radius 2 is 1.20 bits per heavy atom. The first-order valence-electron chi connectivity index (χ1n) is 8.53. The molecule has 0 saturated heterocycles. The van der Waals surface area contributed by atoms with Crippen LogP contribution in [0.1, 0.15) is 19.4 Å². The van der Waals surface area contributed by atoms with E-state index < -0.39 is 5.67 Å². The second kappa shape index (κ2) is 5.92. The van der Waals surface area contributed by atoms with Crippen LogP contribution < -0.4 is 9.80 Å². The Balaban J connectivity index is 1.84. The zero-order valence-electron chi connectivity index (χ0n) is 14.5. The lowest BCUT2D eigenvalue weighted by Gasteiger charge is -2.27. The van der Waals surface area contributed by atoms with Gasteiger partial charge in [-0.3, -0.25) is 0 Å². The van der Waals surface area contributed by atoms with Gasteiger partial charge in [0.05, 0.1) is 11.4 Å². The molecule has 0 unspecified atom stereocenters. The highest BCUT2D eigenvalue weighted by Crippen LogP contribution is 2.46. The maximum absolute atomic E-state index is 14.8. The molecule has 0 saturated carbocycles. The Bertz CT molecular complexity index is 884. The van der Waals surface area contributed by atoms with Gasteiger partial charge in [0, 0.05) is 16.9 Å². The zero-order chi connectivity index (χ0) is 17.4. The second-order valence-corrected chi connectivity index (χ2v) is 6.81. The van der Waals surface area contributed by atoms with E-state index in [9.17, 15) is 4.39 Å². The first-order chi connectivity index (χ1) is 12.1. The quantitative estimate of drug-likeness (QED) is 0.568. The van der Waals surface area contributed by atoms with E-state index in [0.717, 1.165) is 22.7 Å². The van der Waals surface area contributed by atoms with E-state index in [2.05, 4.69) is 34.1 Å². The molecule has 3 aromatic rings. The lowest BCUT2D eigenvalue weighted by molar-refractivity contribution is 0.222. The summed E-state index contributed by atoms with van der Waals surface area (Å²) in [6, 6.07) is 26.3.